The first kappa shape index (κ1) is 31.7. The number of hydrogen-bond donors (Lipinski definition) is 0. The van der Waals surface area contributed by atoms with Gasteiger partial charge in [0.1, 0.15) is 41.8 Å². The van der Waals surface area contributed by atoms with Gasteiger partial charge in [0.15, 0.2) is 5.82 Å². The first-order chi connectivity index (χ1) is 21.8. The summed E-state index contributed by atoms with van der Waals surface area (Å²) < 4.78 is 25.5. The smallest absolute Gasteiger partial charge is 0.425 e. The van der Waals surface area contributed by atoms with E-state index in [2.05, 4.69) is 22.1 Å². The van der Waals surface area contributed by atoms with Crippen LogP contribution in [0.5, 0.6) is 5.75 Å². The van der Waals surface area contributed by atoms with E-state index >= 15 is 0 Å². The molecule has 1 aliphatic heterocycles. The van der Waals surface area contributed by atoms with Crippen LogP contribution in [0, 0.1) is 0 Å². The van der Waals surface area contributed by atoms with Crippen LogP contribution in [-0.4, -0.2) is 55.6 Å². The number of carbonyl (C=O) groups is 2. The fourth-order valence-electron chi connectivity index (χ4n) is 6.12. The Balaban J connectivity index is 1.15. The third-order valence-corrected chi connectivity index (χ3v) is 8.19. The number of rotatable bonds is 6. The molecule has 0 bridgehead atoms. The highest BCUT2D eigenvalue weighted by molar-refractivity contribution is 6.13. The molecule has 0 radical (unpaired) electrons. The molecule has 1 saturated heterocycles. The molecule has 0 spiro atoms. The van der Waals surface area contributed by atoms with Crippen molar-refractivity contribution < 1.29 is 28.5 Å². The number of benzene rings is 1. The lowest BCUT2D eigenvalue weighted by molar-refractivity contribution is -0.0156. The lowest BCUT2D eigenvalue weighted by Crippen LogP contribution is -2.44. The number of pyridine rings is 1. The molecule has 4 aromatic rings. The first-order valence-corrected chi connectivity index (χ1v) is 16.1. The van der Waals surface area contributed by atoms with Crippen LogP contribution >= 0.6 is 0 Å². The van der Waals surface area contributed by atoms with Gasteiger partial charge in [0.05, 0.1) is 17.0 Å². The molecule has 2 atom stereocenters. The third kappa shape index (κ3) is 7.09. The van der Waals surface area contributed by atoms with Crippen LogP contribution in [0.1, 0.15) is 97.8 Å². The zero-order chi connectivity index (χ0) is 32.6. The average Bonchev–Trinajstić information content (AvgIpc) is 3.75. The fraction of sp³-hybridized carbons (Fsp3) is 0.514. The summed E-state index contributed by atoms with van der Waals surface area (Å²) in [6, 6.07) is 10.1. The van der Waals surface area contributed by atoms with Crippen LogP contribution in [0.3, 0.4) is 0 Å². The SMILES string of the molecule is CC(C)(C)OC(=O)N(C(=O)OC(C)(C)C)c1ncnc2c1ccn2C1CCC(COc2ccc3cc(C4CCCC4)cnc3c2)O1. The molecule has 2 amide bonds. The molecule has 46 heavy (non-hydrogen) atoms. The lowest BCUT2D eigenvalue weighted by Gasteiger charge is -2.28. The molecule has 2 unspecified atom stereocenters. The zero-order valence-electron chi connectivity index (χ0n) is 27.5. The van der Waals surface area contributed by atoms with E-state index in [-0.39, 0.29) is 18.1 Å². The van der Waals surface area contributed by atoms with Gasteiger partial charge < -0.3 is 23.5 Å². The number of carbonyl (C=O) groups excluding carboxylic acids is 2. The molecule has 3 aromatic heterocycles. The molecule has 1 aliphatic carbocycles. The second-order valence-electron chi connectivity index (χ2n) is 14.2. The van der Waals surface area contributed by atoms with Crippen molar-refractivity contribution >= 4 is 39.9 Å². The topological polar surface area (TPSA) is 118 Å². The van der Waals surface area contributed by atoms with Gasteiger partial charge >= 0.3 is 12.2 Å². The molecule has 1 saturated carbocycles. The van der Waals surface area contributed by atoms with Crippen LogP contribution in [0.15, 0.2) is 49.1 Å². The van der Waals surface area contributed by atoms with E-state index in [1.807, 2.05) is 29.1 Å². The number of imide groups is 1. The number of ether oxygens (including phenoxy) is 4. The van der Waals surface area contributed by atoms with Crippen LogP contribution in [0.25, 0.3) is 21.9 Å². The van der Waals surface area contributed by atoms with Gasteiger partial charge in [-0.05, 0) is 103 Å². The van der Waals surface area contributed by atoms with Gasteiger partial charge in [0, 0.05) is 23.8 Å². The Morgan fingerprint density at radius 3 is 2.33 bits per heavy atom. The van der Waals surface area contributed by atoms with Gasteiger partial charge in [-0.3, -0.25) is 4.98 Å². The van der Waals surface area contributed by atoms with Crippen LogP contribution in [0.2, 0.25) is 0 Å². The van der Waals surface area contributed by atoms with Crippen molar-refractivity contribution in [1.82, 2.24) is 19.5 Å². The summed E-state index contributed by atoms with van der Waals surface area (Å²) in [6.45, 7) is 10.8. The minimum absolute atomic E-state index is 0.0745. The summed E-state index contributed by atoms with van der Waals surface area (Å²) in [5, 5.41) is 1.62. The van der Waals surface area contributed by atoms with Gasteiger partial charge in [-0.15, -0.1) is 0 Å². The molecule has 6 rings (SSSR count). The Labute approximate surface area is 269 Å². The number of nitrogens with zero attached hydrogens (tertiary/aromatic N) is 5. The van der Waals surface area contributed by atoms with Gasteiger partial charge in [0.2, 0.25) is 0 Å². The average molecular weight is 630 g/mol. The predicted octanol–water partition coefficient (Wildman–Crippen LogP) is 8.07. The number of aromatic nitrogens is 4. The monoisotopic (exact) mass is 629 g/mol. The molecule has 4 heterocycles. The molecular weight excluding hydrogens is 586 g/mol. The third-order valence-electron chi connectivity index (χ3n) is 8.19. The molecule has 11 nitrogen and oxygen atoms in total. The maximum Gasteiger partial charge on any atom is 0.425 e. The van der Waals surface area contributed by atoms with Crippen molar-refractivity contribution in [1.29, 1.82) is 0 Å². The molecular formula is C35H43N5O6. The lowest BCUT2D eigenvalue weighted by atomic mass is 9.98. The van der Waals surface area contributed by atoms with Crippen LogP contribution in [0.4, 0.5) is 15.4 Å². The van der Waals surface area contributed by atoms with E-state index in [1.54, 1.807) is 47.6 Å². The van der Waals surface area contributed by atoms with Crippen molar-refractivity contribution in [3.05, 3.63) is 54.6 Å². The zero-order valence-corrected chi connectivity index (χ0v) is 27.5. The first-order valence-electron chi connectivity index (χ1n) is 16.1. The maximum atomic E-state index is 13.3. The van der Waals surface area contributed by atoms with Crippen molar-refractivity contribution in [2.75, 3.05) is 11.5 Å². The van der Waals surface area contributed by atoms with Gasteiger partial charge in [-0.25, -0.2) is 19.6 Å². The second-order valence-corrected chi connectivity index (χ2v) is 14.2. The highest BCUT2D eigenvalue weighted by Crippen LogP contribution is 2.36. The van der Waals surface area contributed by atoms with E-state index in [0.717, 1.165) is 34.4 Å². The maximum absolute atomic E-state index is 13.3. The Morgan fingerprint density at radius 2 is 1.63 bits per heavy atom. The van der Waals surface area contributed by atoms with Gasteiger partial charge in [0.25, 0.3) is 0 Å². The normalized spacial score (nSPS) is 19.1. The number of anilines is 1. The summed E-state index contributed by atoms with van der Waals surface area (Å²) >= 11 is 0. The Morgan fingerprint density at radius 1 is 0.913 bits per heavy atom. The summed E-state index contributed by atoms with van der Waals surface area (Å²) in [5.41, 5.74) is 1.09. The van der Waals surface area contributed by atoms with Crippen molar-refractivity contribution in [3.63, 3.8) is 0 Å². The van der Waals surface area contributed by atoms with E-state index in [1.165, 1.54) is 37.6 Å². The van der Waals surface area contributed by atoms with E-state index in [9.17, 15) is 9.59 Å². The summed E-state index contributed by atoms with van der Waals surface area (Å²) in [4.78, 5) is 40.9. The summed E-state index contributed by atoms with van der Waals surface area (Å²) in [6.07, 6.45) is 9.58. The number of hydrogen-bond acceptors (Lipinski definition) is 9. The van der Waals surface area contributed by atoms with Crippen molar-refractivity contribution in [2.24, 2.45) is 0 Å². The Bertz CT molecular complexity index is 1710. The van der Waals surface area contributed by atoms with Gasteiger partial charge in [-0.1, -0.05) is 12.8 Å². The second kappa shape index (κ2) is 12.5. The van der Waals surface area contributed by atoms with E-state index in [4.69, 9.17) is 23.9 Å². The molecule has 1 aromatic carbocycles. The minimum Gasteiger partial charge on any atom is -0.491 e. The Kier molecular flexibility index (Phi) is 8.62. The number of amides is 2. The van der Waals surface area contributed by atoms with Crippen LogP contribution < -0.4 is 9.64 Å². The molecule has 0 N–H and O–H groups in total. The van der Waals surface area contributed by atoms with E-state index in [0.29, 0.717) is 23.6 Å². The molecule has 244 valence electrons. The minimum atomic E-state index is -0.887. The predicted molar refractivity (Wildman–Crippen MR) is 174 cm³/mol. The fourth-order valence-corrected chi connectivity index (χ4v) is 6.12. The van der Waals surface area contributed by atoms with Gasteiger partial charge in [-0.2, -0.15) is 4.90 Å². The van der Waals surface area contributed by atoms with Crippen molar-refractivity contribution in [3.8, 4) is 5.75 Å². The van der Waals surface area contributed by atoms with Crippen molar-refractivity contribution in [2.45, 2.75) is 110 Å². The summed E-state index contributed by atoms with van der Waals surface area (Å²) in [5.74, 6) is 1.46. The standard InChI is InChI=1S/C35H43N5O6/c1-34(2,3)45-32(41)40(33(42)46-35(4,5)6)31-27-15-16-39(30(27)37-21-38-31)29-14-13-26(44-29)20-43-25-12-11-23-17-24(19-36-28(23)18-25)22-9-7-8-10-22/h11-12,15-19,21-22,26,29H,7-10,13-14,20H2,1-6H3. The Hall–Kier alpha value is -4.25. The van der Waals surface area contributed by atoms with E-state index < -0.39 is 23.4 Å². The molecule has 2 aliphatic rings. The molecule has 11 heteroatoms. The summed E-state index contributed by atoms with van der Waals surface area (Å²) in [7, 11) is 0. The quantitative estimate of drug-likeness (QED) is 0.209. The largest absolute Gasteiger partial charge is 0.491 e. The number of fused-ring (bicyclic) bond motifs is 2. The highest BCUT2D eigenvalue weighted by Gasteiger charge is 2.36. The molecule has 2 fully saturated rings. The van der Waals surface area contributed by atoms with Crippen LogP contribution in [-0.2, 0) is 14.2 Å². The highest BCUT2D eigenvalue weighted by atomic mass is 16.6.